The molecule has 0 saturated carbocycles. The van der Waals surface area contributed by atoms with Crippen molar-refractivity contribution in [2.45, 2.75) is 13.3 Å². The zero-order valence-electron chi connectivity index (χ0n) is 8.00. The number of hydrogen-bond acceptors (Lipinski definition) is 2. The average molecular weight is 274 g/mol. The van der Waals surface area contributed by atoms with E-state index in [4.69, 9.17) is 0 Å². The molecule has 1 aliphatic heterocycles. The fourth-order valence-electron chi connectivity index (χ4n) is 1.70. The maximum absolute atomic E-state index is 11.9. The fourth-order valence-corrected chi connectivity index (χ4v) is 3.06. The normalized spacial score (nSPS) is 21.6. The number of halogens is 1. The molecule has 0 N–H and O–H groups in total. The van der Waals surface area contributed by atoms with Gasteiger partial charge in [0.25, 0.3) is 5.91 Å². The maximum Gasteiger partial charge on any atom is 0.263 e. The lowest BCUT2D eigenvalue weighted by Gasteiger charge is -2.14. The molecule has 2 nitrogen and oxygen atoms in total. The van der Waals surface area contributed by atoms with E-state index in [-0.39, 0.29) is 5.91 Å². The Bertz CT molecular complexity index is 350. The summed E-state index contributed by atoms with van der Waals surface area (Å²) in [6.45, 7) is 4.02. The van der Waals surface area contributed by atoms with Crippen molar-refractivity contribution in [3.8, 4) is 0 Å². The van der Waals surface area contributed by atoms with Crippen molar-refractivity contribution < 1.29 is 4.79 Å². The molecule has 76 valence electrons. The number of carbonyl (C=O) groups is 1. The second-order valence-electron chi connectivity index (χ2n) is 3.75. The van der Waals surface area contributed by atoms with Gasteiger partial charge in [-0.2, -0.15) is 0 Å². The Morgan fingerprint density at radius 2 is 2.43 bits per heavy atom. The number of rotatable bonds is 1. The van der Waals surface area contributed by atoms with Gasteiger partial charge in [-0.3, -0.25) is 4.79 Å². The van der Waals surface area contributed by atoms with E-state index in [1.807, 2.05) is 17.0 Å². The number of thiophene rings is 1. The lowest BCUT2D eigenvalue weighted by atomic mass is 10.2. The fraction of sp³-hybridized carbons (Fsp3) is 0.500. The predicted molar refractivity (Wildman–Crippen MR) is 61.7 cm³/mol. The van der Waals surface area contributed by atoms with Crippen molar-refractivity contribution in [1.82, 2.24) is 4.90 Å². The van der Waals surface area contributed by atoms with Crippen LogP contribution in [0.4, 0.5) is 0 Å². The smallest absolute Gasteiger partial charge is 0.263 e. The van der Waals surface area contributed by atoms with Gasteiger partial charge in [-0.1, -0.05) is 6.92 Å². The van der Waals surface area contributed by atoms with Crippen molar-refractivity contribution >= 4 is 33.2 Å². The van der Waals surface area contributed by atoms with E-state index < -0.39 is 0 Å². The second-order valence-corrected chi connectivity index (χ2v) is 6.21. The Morgan fingerprint density at radius 3 is 2.93 bits per heavy atom. The summed E-state index contributed by atoms with van der Waals surface area (Å²) in [5.74, 6) is 0.840. The third-order valence-corrected chi connectivity index (χ3v) is 4.11. The number of carbonyl (C=O) groups excluding carboxylic acids is 1. The summed E-state index contributed by atoms with van der Waals surface area (Å²) in [6.07, 6.45) is 1.14. The standard InChI is InChI=1S/C10H12BrNOS/c1-7-4-5-12(6-7)10(13)8-2-3-9(11)14-8/h2-3,7H,4-6H2,1H3. The number of nitrogens with zero attached hydrogens (tertiary/aromatic N) is 1. The van der Waals surface area contributed by atoms with E-state index in [1.165, 1.54) is 11.3 Å². The molecule has 0 aromatic carbocycles. The van der Waals surface area contributed by atoms with Crippen molar-refractivity contribution in [3.05, 3.63) is 20.8 Å². The van der Waals surface area contributed by atoms with Crippen molar-refractivity contribution in [1.29, 1.82) is 0 Å². The molecule has 2 heterocycles. The third-order valence-electron chi connectivity index (χ3n) is 2.50. The van der Waals surface area contributed by atoms with Gasteiger partial charge in [-0.15, -0.1) is 11.3 Å². The van der Waals surface area contributed by atoms with E-state index in [0.717, 1.165) is 28.2 Å². The summed E-state index contributed by atoms with van der Waals surface area (Å²) in [4.78, 5) is 14.7. The predicted octanol–water partition coefficient (Wildman–Crippen LogP) is 2.99. The Labute approximate surface area is 96.0 Å². The molecule has 2 rings (SSSR count). The minimum Gasteiger partial charge on any atom is -0.338 e. The van der Waals surface area contributed by atoms with Gasteiger partial charge in [-0.25, -0.2) is 0 Å². The van der Waals surface area contributed by atoms with Crippen LogP contribution in [0.15, 0.2) is 15.9 Å². The monoisotopic (exact) mass is 273 g/mol. The van der Waals surface area contributed by atoms with Crippen molar-refractivity contribution in [3.63, 3.8) is 0 Å². The van der Waals surface area contributed by atoms with Crippen LogP contribution in [0, 0.1) is 5.92 Å². The summed E-state index contributed by atoms with van der Waals surface area (Å²) in [5, 5.41) is 0. The Kier molecular flexibility index (Phi) is 2.93. The first-order valence-corrected chi connectivity index (χ1v) is 6.32. The van der Waals surface area contributed by atoms with Crippen molar-refractivity contribution in [2.24, 2.45) is 5.92 Å². The molecule has 1 unspecified atom stereocenters. The molecule has 14 heavy (non-hydrogen) atoms. The Morgan fingerprint density at radius 1 is 1.64 bits per heavy atom. The van der Waals surface area contributed by atoms with Crippen LogP contribution in [-0.4, -0.2) is 23.9 Å². The van der Waals surface area contributed by atoms with Crippen LogP contribution < -0.4 is 0 Å². The molecular weight excluding hydrogens is 262 g/mol. The van der Waals surface area contributed by atoms with Gasteiger partial charge in [0.05, 0.1) is 8.66 Å². The molecule has 1 amide bonds. The summed E-state index contributed by atoms with van der Waals surface area (Å²) in [5.41, 5.74) is 0. The molecule has 1 aromatic heterocycles. The SMILES string of the molecule is CC1CCN(C(=O)c2ccc(Br)s2)C1. The lowest BCUT2D eigenvalue weighted by Crippen LogP contribution is -2.27. The van der Waals surface area contributed by atoms with Crippen LogP contribution in [0.1, 0.15) is 23.0 Å². The molecule has 1 aromatic rings. The molecule has 1 atom stereocenters. The molecule has 0 bridgehead atoms. The highest BCUT2D eigenvalue weighted by atomic mass is 79.9. The zero-order chi connectivity index (χ0) is 10.1. The van der Waals surface area contributed by atoms with Gasteiger partial charge in [0, 0.05) is 13.1 Å². The summed E-state index contributed by atoms with van der Waals surface area (Å²) >= 11 is 4.88. The van der Waals surface area contributed by atoms with E-state index in [2.05, 4.69) is 22.9 Å². The molecule has 0 radical (unpaired) electrons. The Hall–Kier alpha value is -0.350. The van der Waals surface area contributed by atoms with Crippen LogP contribution in [0.3, 0.4) is 0 Å². The van der Waals surface area contributed by atoms with E-state index in [1.54, 1.807) is 0 Å². The lowest BCUT2D eigenvalue weighted by molar-refractivity contribution is 0.0793. The van der Waals surface area contributed by atoms with E-state index in [9.17, 15) is 4.79 Å². The molecule has 1 saturated heterocycles. The van der Waals surface area contributed by atoms with Gasteiger partial charge in [0.1, 0.15) is 0 Å². The molecule has 0 spiro atoms. The zero-order valence-corrected chi connectivity index (χ0v) is 10.4. The van der Waals surface area contributed by atoms with Crippen LogP contribution in [0.2, 0.25) is 0 Å². The quantitative estimate of drug-likeness (QED) is 0.771. The molecule has 1 aliphatic rings. The highest BCUT2D eigenvalue weighted by Gasteiger charge is 2.24. The number of likely N-dealkylation sites (tertiary alicyclic amines) is 1. The summed E-state index contributed by atoms with van der Waals surface area (Å²) in [6, 6.07) is 3.82. The topological polar surface area (TPSA) is 20.3 Å². The Balaban J connectivity index is 2.09. The van der Waals surface area contributed by atoms with Crippen LogP contribution >= 0.6 is 27.3 Å². The van der Waals surface area contributed by atoms with E-state index >= 15 is 0 Å². The highest BCUT2D eigenvalue weighted by molar-refractivity contribution is 9.11. The van der Waals surface area contributed by atoms with Crippen LogP contribution in [0.5, 0.6) is 0 Å². The van der Waals surface area contributed by atoms with Gasteiger partial charge >= 0.3 is 0 Å². The average Bonchev–Trinajstić information content (AvgIpc) is 2.73. The van der Waals surface area contributed by atoms with Gasteiger partial charge in [0.15, 0.2) is 0 Å². The summed E-state index contributed by atoms with van der Waals surface area (Å²) in [7, 11) is 0. The first-order chi connectivity index (χ1) is 6.66. The van der Waals surface area contributed by atoms with Gasteiger partial charge in [0.2, 0.25) is 0 Å². The number of hydrogen-bond donors (Lipinski definition) is 0. The minimum atomic E-state index is 0.185. The highest BCUT2D eigenvalue weighted by Crippen LogP contribution is 2.25. The van der Waals surface area contributed by atoms with E-state index in [0.29, 0.717) is 5.92 Å². The molecule has 4 heteroatoms. The minimum absolute atomic E-state index is 0.185. The van der Waals surface area contributed by atoms with Crippen LogP contribution in [-0.2, 0) is 0 Å². The van der Waals surface area contributed by atoms with Gasteiger partial charge in [-0.05, 0) is 40.4 Å². The molecular formula is C10H12BrNOS. The van der Waals surface area contributed by atoms with Crippen LogP contribution in [0.25, 0.3) is 0 Å². The maximum atomic E-state index is 11.9. The first-order valence-electron chi connectivity index (χ1n) is 4.71. The molecule has 0 aliphatic carbocycles. The third kappa shape index (κ3) is 2.01. The largest absolute Gasteiger partial charge is 0.338 e. The summed E-state index contributed by atoms with van der Waals surface area (Å²) < 4.78 is 1.02. The molecule has 1 fully saturated rings. The van der Waals surface area contributed by atoms with Gasteiger partial charge < -0.3 is 4.90 Å². The number of amides is 1. The van der Waals surface area contributed by atoms with Crippen molar-refractivity contribution in [2.75, 3.05) is 13.1 Å². The first kappa shape index (κ1) is 10.2. The second kappa shape index (κ2) is 4.03.